The SMILES string of the molecule is CCCCC1CCC(c2ccc(C3CCc4cc(CC)ccc4C3)cc2)CC1. The minimum atomic E-state index is 0.707. The summed E-state index contributed by atoms with van der Waals surface area (Å²) < 4.78 is 0. The second-order valence-corrected chi connectivity index (χ2v) is 9.42. The fourth-order valence-corrected chi connectivity index (χ4v) is 5.63. The molecule has 0 heteroatoms. The molecule has 2 aromatic rings. The first-order valence-electron chi connectivity index (χ1n) is 12.0. The summed E-state index contributed by atoms with van der Waals surface area (Å²) in [6.45, 7) is 4.58. The maximum absolute atomic E-state index is 2.46. The van der Waals surface area contributed by atoms with E-state index in [1.165, 1.54) is 69.8 Å². The summed E-state index contributed by atoms with van der Waals surface area (Å²) in [7, 11) is 0. The van der Waals surface area contributed by atoms with Crippen molar-refractivity contribution in [3.8, 4) is 0 Å². The van der Waals surface area contributed by atoms with Gasteiger partial charge in [-0.25, -0.2) is 0 Å². The topological polar surface area (TPSA) is 0 Å². The van der Waals surface area contributed by atoms with Gasteiger partial charge in [0.15, 0.2) is 0 Å². The number of hydrogen-bond acceptors (Lipinski definition) is 0. The predicted molar refractivity (Wildman–Crippen MR) is 121 cm³/mol. The maximum Gasteiger partial charge on any atom is -0.0118 e. The molecule has 1 saturated carbocycles. The average molecular weight is 375 g/mol. The summed E-state index contributed by atoms with van der Waals surface area (Å²) in [4.78, 5) is 0. The van der Waals surface area contributed by atoms with Crippen LogP contribution in [0.4, 0.5) is 0 Å². The van der Waals surface area contributed by atoms with Gasteiger partial charge in [0.1, 0.15) is 0 Å². The molecule has 0 saturated heterocycles. The molecular weight excluding hydrogens is 336 g/mol. The summed E-state index contributed by atoms with van der Waals surface area (Å²) >= 11 is 0. The van der Waals surface area contributed by atoms with E-state index in [0.29, 0.717) is 5.92 Å². The standard InChI is InChI=1S/C28H38/c1-3-5-6-22-8-10-23(11-9-22)24-13-15-25(16-14-24)27-18-17-26-19-21(4-2)7-12-28(26)20-27/h7,12-16,19,22-23,27H,3-6,8-11,17-18,20H2,1-2H3. The Morgan fingerprint density at radius 1 is 0.750 bits per heavy atom. The van der Waals surface area contributed by atoms with E-state index in [-0.39, 0.29) is 0 Å². The molecule has 0 nitrogen and oxygen atoms in total. The molecule has 0 bridgehead atoms. The zero-order chi connectivity index (χ0) is 19.3. The molecule has 4 rings (SSSR count). The van der Waals surface area contributed by atoms with Crippen molar-refractivity contribution in [3.63, 3.8) is 0 Å². The van der Waals surface area contributed by atoms with Crippen molar-refractivity contribution in [1.82, 2.24) is 0 Å². The summed E-state index contributed by atoms with van der Waals surface area (Å²) in [5, 5.41) is 0. The van der Waals surface area contributed by atoms with E-state index < -0.39 is 0 Å². The Kier molecular flexibility index (Phi) is 6.55. The third-order valence-electron chi connectivity index (χ3n) is 7.60. The van der Waals surface area contributed by atoms with Crippen molar-refractivity contribution in [3.05, 3.63) is 70.3 Å². The molecule has 0 radical (unpaired) electrons. The Morgan fingerprint density at radius 2 is 1.46 bits per heavy atom. The van der Waals surface area contributed by atoms with Crippen LogP contribution in [0.1, 0.15) is 105 Å². The minimum absolute atomic E-state index is 0.707. The van der Waals surface area contributed by atoms with E-state index in [0.717, 1.165) is 18.3 Å². The molecule has 28 heavy (non-hydrogen) atoms. The van der Waals surface area contributed by atoms with Crippen LogP contribution >= 0.6 is 0 Å². The summed E-state index contributed by atoms with van der Waals surface area (Å²) in [6.07, 6.45) is 14.9. The Balaban J connectivity index is 1.36. The highest BCUT2D eigenvalue weighted by Crippen LogP contribution is 2.39. The fraction of sp³-hybridized carbons (Fsp3) is 0.571. The lowest BCUT2D eigenvalue weighted by Crippen LogP contribution is -2.14. The van der Waals surface area contributed by atoms with Crippen molar-refractivity contribution in [1.29, 1.82) is 0 Å². The number of benzene rings is 2. The number of unbranched alkanes of at least 4 members (excludes halogenated alkanes) is 1. The van der Waals surface area contributed by atoms with Crippen LogP contribution in [0, 0.1) is 5.92 Å². The molecule has 0 amide bonds. The molecule has 1 fully saturated rings. The molecule has 2 aliphatic carbocycles. The van der Waals surface area contributed by atoms with Gasteiger partial charge in [0.05, 0.1) is 0 Å². The van der Waals surface area contributed by atoms with Gasteiger partial charge >= 0.3 is 0 Å². The van der Waals surface area contributed by atoms with Crippen molar-refractivity contribution >= 4 is 0 Å². The van der Waals surface area contributed by atoms with Crippen molar-refractivity contribution in [2.24, 2.45) is 5.92 Å². The van der Waals surface area contributed by atoms with Gasteiger partial charge in [-0.3, -0.25) is 0 Å². The van der Waals surface area contributed by atoms with E-state index in [1.54, 1.807) is 22.3 Å². The quantitative estimate of drug-likeness (QED) is 0.480. The van der Waals surface area contributed by atoms with E-state index in [1.807, 2.05) is 0 Å². The molecule has 0 heterocycles. The van der Waals surface area contributed by atoms with Crippen LogP contribution in [0.2, 0.25) is 0 Å². The first-order chi connectivity index (χ1) is 13.8. The molecule has 0 N–H and O–H groups in total. The molecule has 2 aliphatic rings. The van der Waals surface area contributed by atoms with E-state index in [9.17, 15) is 0 Å². The van der Waals surface area contributed by atoms with Gasteiger partial charge in [0.25, 0.3) is 0 Å². The molecular formula is C28H38. The maximum atomic E-state index is 2.46. The van der Waals surface area contributed by atoms with Gasteiger partial charge in [-0.2, -0.15) is 0 Å². The molecule has 0 aromatic heterocycles. The Labute approximate surface area is 172 Å². The van der Waals surface area contributed by atoms with Gasteiger partial charge in [-0.15, -0.1) is 0 Å². The third-order valence-corrected chi connectivity index (χ3v) is 7.60. The second kappa shape index (κ2) is 9.29. The van der Waals surface area contributed by atoms with E-state index >= 15 is 0 Å². The minimum Gasteiger partial charge on any atom is -0.0654 e. The highest BCUT2D eigenvalue weighted by atomic mass is 14.3. The largest absolute Gasteiger partial charge is 0.0654 e. The van der Waals surface area contributed by atoms with Crippen molar-refractivity contribution in [2.75, 3.05) is 0 Å². The highest BCUT2D eigenvalue weighted by molar-refractivity contribution is 5.38. The van der Waals surface area contributed by atoms with Crippen LogP contribution in [0.15, 0.2) is 42.5 Å². The Hall–Kier alpha value is -1.56. The third kappa shape index (κ3) is 4.53. The van der Waals surface area contributed by atoms with Gasteiger partial charge < -0.3 is 0 Å². The molecule has 0 aliphatic heterocycles. The zero-order valence-electron chi connectivity index (χ0n) is 18.1. The molecule has 0 spiro atoms. The zero-order valence-corrected chi connectivity index (χ0v) is 18.1. The molecule has 150 valence electrons. The fourth-order valence-electron chi connectivity index (χ4n) is 5.63. The number of fused-ring (bicyclic) bond motifs is 1. The lowest BCUT2D eigenvalue weighted by atomic mass is 9.76. The van der Waals surface area contributed by atoms with Gasteiger partial charge in [-0.05, 0) is 96.9 Å². The van der Waals surface area contributed by atoms with Gasteiger partial charge in [-0.1, -0.05) is 75.6 Å². The van der Waals surface area contributed by atoms with Crippen LogP contribution in [0.3, 0.4) is 0 Å². The van der Waals surface area contributed by atoms with Crippen LogP contribution in [0.25, 0.3) is 0 Å². The monoisotopic (exact) mass is 374 g/mol. The van der Waals surface area contributed by atoms with Crippen LogP contribution < -0.4 is 0 Å². The van der Waals surface area contributed by atoms with Gasteiger partial charge in [0.2, 0.25) is 0 Å². The van der Waals surface area contributed by atoms with Crippen LogP contribution in [-0.4, -0.2) is 0 Å². The van der Waals surface area contributed by atoms with Crippen molar-refractivity contribution < 1.29 is 0 Å². The summed E-state index contributed by atoms with van der Waals surface area (Å²) in [6, 6.07) is 17.0. The predicted octanol–water partition coefficient (Wildman–Crippen LogP) is 7.99. The van der Waals surface area contributed by atoms with Crippen molar-refractivity contribution in [2.45, 2.75) is 96.3 Å². The van der Waals surface area contributed by atoms with Gasteiger partial charge in [0, 0.05) is 0 Å². The molecule has 1 atom stereocenters. The Morgan fingerprint density at radius 3 is 2.14 bits per heavy atom. The lowest BCUT2D eigenvalue weighted by Gasteiger charge is -2.29. The summed E-state index contributed by atoms with van der Waals surface area (Å²) in [5.41, 5.74) is 7.84. The molecule has 2 aromatic carbocycles. The highest BCUT2D eigenvalue weighted by Gasteiger charge is 2.23. The van der Waals surface area contributed by atoms with E-state index in [4.69, 9.17) is 0 Å². The first kappa shape index (κ1) is 19.7. The van der Waals surface area contributed by atoms with E-state index in [2.05, 4.69) is 56.3 Å². The lowest BCUT2D eigenvalue weighted by molar-refractivity contribution is 0.304. The van der Waals surface area contributed by atoms with Crippen LogP contribution in [-0.2, 0) is 19.3 Å². The summed E-state index contributed by atoms with van der Waals surface area (Å²) in [5.74, 6) is 2.52. The molecule has 1 unspecified atom stereocenters. The average Bonchev–Trinajstić information content (AvgIpc) is 2.77. The first-order valence-corrected chi connectivity index (χ1v) is 12.0. The number of rotatable bonds is 6. The normalized spacial score (nSPS) is 24.7. The Bertz CT molecular complexity index is 746. The second-order valence-electron chi connectivity index (χ2n) is 9.42. The number of aryl methyl sites for hydroxylation is 2. The number of hydrogen-bond donors (Lipinski definition) is 0. The smallest absolute Gasteiger partial charge is 0.0118 e. The van der Waals surface area contributed by atoms with Crippen LogP contribution in [0.5, 0.6) is 0 Å².